The number of likely N-dealkylation sites (tertiary alicyclic amines) is 1. The number of hydrogen-bond donors (Lipinski definition) is 3. The molecule has 3 fully saturated rings. The number of hydrogen-bond acceptors (Lipinski definition) is 6. The molecule has 3 N–H and O–H groups in total. The molecule has 10 heteroatoms. The second kappa shape index (κ2) is 9.82. The molecule has 0 saturated carbocycles. The number of rotatable bonds is 6. The first-order valence-electron chi connectivity index (χ1n) is 12.5. The fraction of sp³-hybridized carbons (Fsp3) is 0.538. The van der Waals surface area contributed by atoms with Gasteiger partial charge in [-0.1, -0.05) is 6.07 Å². The normalized spacial score (nSPS) is 23.9. The summed E-state index contributed by atoms with van der Waals surface area (Å²) in [7, 11) is 1.58. The van der Waals surface area contributed by atoms with E-state index in [0.717, 1.165) is 23.7 Å². The number of nitrogens with one attached hydrogen (secondary N) is 3. The van der Waals surface area contributed by atoms with Crippen molar-refractivity contribution >= 4 is 28.6 Å². The lowest BCUT2D eigenvalue weighted by Gasteiger charge is -2.32. The van der Waals surface area contributed by atoms with Crippen molar-refractivity contribution in [3.8, 4) is 11.8 Å². The molecule has 3 unspecified atom stereocenters. The second-order valence-corrected chi connectivity index (χ2v) is 10.1. The molecule has 0 aliphatic carbocycles. The van der Waals surface area contributed by atoms with Gasteiger partial charge in [0.05, 0.1) is 13.2 Å². The molecule has 36 heavy (non-hydrogen) atoms. The molecule has 3 atom stereocenters. The van der Waals surface area contributed by atoms with Crippen LogP contribution in [0.4, 0.5) is 0 Å². The van der Waals surface area contributed by atoms with Crippen LogP contribution in [0.2, 0.25) is 0 Å². The molecule has 3 saturated heterocycles. The maximum Gasteiger partial charge on any atom is 0.271 e. The van der Waals surface area contributed by atoms with E-state index in [9.17, 15) is 19.6 Å². The Labute approximate surface area is 209 Å². The predicted octanol–water partition coefficient (Wildman–Crippen LogP) is 1.72. The number of nitrogens with zero attached hydrogens (tertiary/aromatic N) is 2. The van der Waals surface area contributed by atoms with Gasteiger partial charge in [-0.15, -0.1) is 0 Å². The van der Waals surface area contributed by atoms with Gasteiger partial charge in [0.15, 0.2) is 0 Å². The first kappa shape index (κ1) is 24.1. The third-order valence-electron chi connectivity index (χ3n) is 7.86. The average Bonchev–Trinajstić information content (AvgIpc) is 3.60. The van der Waals surface area contributed by atoms with Crippen molar-refractivity contribution in [3.05, 3.63) is 30.0 Å². The van der Waals surface area contributed by atoms with Gasteiger partial charge in [-0.2, -0.15) is 5.26 Å². The highest BCUT2D eigenvalue weighted by atomic mass is 16.5. The van der Waals surface area contributed by atoms with E-state index in [4.69, 9.17) is 9.47 Å². The Balaban J connectivity index is 1.39. The summed E-state index contributed by atoms with van der Waals surface area (Å²) in [5.41, 5.74) is 0.960. The minimum atomic E-state index is -0.799. The van der Waals surface area contributed by atoms with Gasteiger partial charge in [0.1, 0.15) is 23.5 Å². The lowest BCUT2D eigenvalue weighted by molar-refractivity contribution is -0.126. The summed E-state index contributed by atoms with van der Waals surface area (Å²) in [5, 5.41) is 16.1. The van der Waals surface area contributed by atoms with Gasteiger partial charge >= 0.3 is 0 Å². The van der Waals surface area contributed by atoms with Gasteiger partial charge in [0, 0.05) is 43.1 Å². The highest BCUT2D eigenvalue weighted by Gasteiger charge is 2.49. The molecular weight excluding hydrogens is 462 g/mol. The Morgan fingerprint density at radius 3 is 2.86 bits per heavy atom. The van der Waals surface area contributed by atoms with E-state index in [1.54, 1.807) is 18.1 Å². The van der Waals surface area contributed by atoms with Crippen molar-refractivity contribution in [2.45, 2.75) is 44.2 Å². The smallest absolute Gasteiger partial charge is 0.271 e. The highest BCUT2D eigenvalue weighted by molar-refractivity contribution is 6.02. The van der Waals surface area contributed by atoms with Gasteiger partial charge in [-0.3, -0.25) is 14.4 Å². The van der Waals surface area contributed by atoms with Crippen molar-refractivity contribution in [2.75, 3.05) is 33.4 Å². The summed E-state index contributed by atoms with van der Waals surface area (Å²) in [6.45, 7) is 2.22. The Morgan fingerprint density at radius 2 is 2.17 bits per heavy atom. The number of benzene rings is 1. The number of carbonyl (C=O) groups is 3. The van der Waals surface area contributed by atoms with Crippen molar-refractivity contribution in [1.82, 2.24) is 20.5 Å². The van der Waals surface area contributed by atoms with Crippen LogP contribution < -0.4 is 15.4 Å². The zero-order valence-electron chi connectivity index (χ0n) is 20.3. The largest absolute Gasteiger partial charge is 0.496 e. The van der Waals surface area contributed by atoms with Crippen molar-refractivity contribution in [2.24, 2.45) is 11.3 Å². The van der Waals surface area contributed by atoms with E-state index in [1.165, 1.54) is 0 Å². The Morgan fingerprint density at radius 1 is 1.36 bits per heavy atom. The van der Waals surface area contributed by atoms with E-state index in [0.29, 0.717) is 50.6 Å². The Bertz CT molecular complexity index is 1210. The maximum absolute atomic E-state index is 13.8. The second-order valence-electron chi connectivity index (χ2n) is 10.1. The van der Waals surface area contributed by atoms with Crippen LogP contribution in [0, 0.1) is 22.7 Å². The number of ether oxygens (including phenoxy) is 2. The van der Waals surface area contributed by atoms with Crippen LogP contribution >= 0.6 is 0 Å². The van der Waals surface area contributed by atoms with E-state index in [2.05, 4.69) is 21.7 Å². The van der Waals surface area contributed by atoms with Crippen LogP contribution in [-0.4, -0.2) is 73.1 Å². The summed E-state index contributed by atoms with van der Waals surface area (Å²) < 4.78 is 11.0. The van der Waals surface area contributed by atoms with E-state index < -0.39 is 12.1 Å². The number of fused-ring (bicyclic) bond motifs is 1. The fourth-order valence-electron chi connectivity index (χ4n) is 5.81. The predicted molar refractivity (Wildman–Crippen MR) is 130 cm³/mol. The summed E-state index contributed by atoms with van der Waals surface area (Å²) in [6, 6.07) is 7.93. The van der Waals surface area contributed by atoms with Crippen LogP contribution in [0.25, 0.3) is 10.9 Å². The van der Waals surface area contributed by atoms with Crippen molar-refractivity contribution in [3.63, 3.8) is 0 Å². The molecule has 4 heterocycles. The third-order valence-corrected chi connectivity index (χ3v) is 7.86. The van der Waals surface area contributed by atoms with Crippen molar-refractivity contribution < 1.29 is 23.9 Å². The van der Waals surface area contributed by atoms with E-state index >= 15 is 0 Å². The number of nitriles is 1. The molecule has 1 spiro atoms. The molecule has 0 bridgehead atoms. The maximum atomic E-state index is 13.8. The number of aromatic amines is 1. The standard InChI is InChI=1S/C26H31N5O5/c1-35-22-4-2-3-19-18(22)12-20(30-19)25(34)31-15-26(6-9-36-10-7-26)13-21(31)24(33)29-17(14-27)11-16-5-8-28-23(16)32/h2-4,12,16-17,21,30H,5-11,13,15H2,1H3,(H,28,32)(H,29,33). The first-order chi connectivity index (χ1) is 17.4. The minimum Gasteiger partial charge on any atom is -0.496 e. The van der Waals surface area contributed by atoms with Gasteiger partial charge in [0.25, 0.3) is 5.91 Å². The zero-order chi connectivity index (χ0) is 25.3. The fourth-order valence-corrected chi connectivity index (χ4v) is 5.81. The SMILES string of the molecule is COc1cccc2[nH]c(C(=O)N3CC4(CCOCC4)CC3C(=O)NC(C#N)CC3CCNC3=O)cc12. The molecule has 3 amide bonds. The Kier molecular flexibility index (Phi) is 6.58. The number of H-pyrrole nitrogens is 1. The first-order valence-corrected chi connectivity index (χ1v) is 12.5. The molecule has 190 valence electrons. The topological polar surface area (TPSA) is 137 Å². The Hall–Kier alpha value is -3.58. The number of methoxy groups -OCH3 is 1. The molecule has 1 aromatic carbocycles. The molecule has 3 aliphatic rings. The monoisotopic (exact) mass is 493 g/mol. The quantitative estimate of drug-likeness (QED) is 0.561. The van der Waals surface area contributed by atoms with E-state index in [-0.39, 0.29) is 35.5 Å². The van der Waals surface area contributed by atoms with Crippen LogP contribution in [0.5, 0.6) is 5.75 Å². The number of carbonyl (C=O) groups excluding carboxylic acids is 3. The van der Waals surface area contributed by atoms with Gasteiger partial charge in [-0.25, -0.2) is 0 Å². The summed E-state index contributed by atoms with van der Waals surface area (Å²) >= 11 is 0. The van der Waals surface area contributed by atoms with E-state index in [1.807, 2.05) is 18.2 Å². The van der Waals surface area contributed by atoms with Crippen LogP contribution in [0.1, 0.15) is 42.6 Å². The van der Waals surface area contributed by atoms with Crippen LogP contribution in [0.3, 0.4) is 0 Å². The molecule has 10 nitrogen and oxygen atoms in total. The molecule has 2 aromatic rings. The summed E-state index contributed by atoms with van der Waals surface area (Å²) in [6.07, 6.45) is 2.96. The third kappa shape index (κ3) is 4.51. The number of aromatic nitrogens is 1. The summed E-state index contributed by atoms with van der Waals surface area (Å²) in [5.74, 6) is -0.338. The molecule has 5 rings (SSSR count). The summed E-state index contributed by atoms with van der Waals surface area (Å²) in [4.78, 5) is 44.0. The minimum absolute atomic E-state index is 0.0856. The molecule has 3 aliphatic heterocycles. The lowest BCUT2D eigenvalue weighted by Crippen LogP contribution is -2.49. The van der Waals surface area contributed by atoms with Gasteiger partial charge in [-0.05, 0) is 55.7 Å². The van der Waals surface area contributed by atoms with Gasteiger partial charge in [0.2, 0.25) is 11.8 Å². The molecule has 1 aromatic heterocycles. The highest BCUT2D eigenvalue weighted by Crippen LogP contribution is 2.43. The van der Waals surface area contributed by atoms with Crippen molar-refractivity contribution in [1.29, 1.82) is 5.26 Å². The van der Waals surface area contributed by atoms with Crippen LogP contribution in [-0.2, 0) is 14.3 Å². The van der Waals surface area contributed by atoms with Gasteiger partial charge < -0.3 is 30.0 Å². The average molecular weight is 494 g/mol. The molecular formula is C26H31N5O5. The number of amides is 3. The lowest BCUT2D eigenvalue weighted by atomic mass is 9.78. The van der Waals surface area contributed by atoms with Crippen LogP contribution in [0.15, 0.2) is 24.3 Å². The molecule has 0 radical (unpaired) electrons. The zero-order valence-corrected chi connectivity index (χ0v) is 20.3.